The summed E-state index contributed by atoms with van der Waals surface area (Å²) in [7, 11) is 1.61. The number of rotatable bonds is 6. The van der Waals surface area contributed by atoms with Gasteiger partial charge in [-0.05, 0) is 12.1 Å². The van der Waals surface area contributed by atoms with Crippen LogP contribution in [0, 0.1) is 0 Å². The number of ether oxygens (including phenoxy) is 2. The van der Waals surface area contributed by atoms with Crippen LogP contribution in [0.3, 0.4) is 0 Å². The number of aromatic nitrogens is 1. The van der Waals surface area contributed by atoms with Crippen LogP contribution in [0.4, 0.5) is 0 Å². The van der Waals surface area contributed by atoms with Gasteiger partial charge in [0.2, 0.25) is 0 Å². The van der Waals surface area contributed by atoms with Crippen molar-refractivity contribution >= 4 is 17.2 Å². The SMILES string of the molecule is COc1cccc(OCCc2nc(C(=O)NN)cs2)c1. The van der Waals surface area contributed by atoms with Gasteiger partial charge in [0.15, 0.2) is 0 Å². The molecular formula is C13H15N3O3S. The van der Waals surface area contributed by atoms with Crippen LogP contribution in [0.2, 0.25) is 0 Å². The average Bonchev–Trinajstić information content (AvgIpc) is 2.95. The van der Waals surface area contributed by atoms with Crippen LogP contribution in [-0.4, -0.2) is 24.6 Å². The Bertz CT molecular complexity index is 586. The standard InChI is InChI=1S/C13H15N3O3S/c1-18-9-3-2-4-10(7-9)19-6-5-12-15-11(8-20-12)13(17)16-14/h2-4,7-8H,5-6,14H2,1H3,(H,16,17). The van der Waals surface area contributed by atoms with Crippen molar-refractivity contribution in [3.8, 4) is 11.5 Å². The fourth-order valence-corrected chi connectivity index (χ4v) is 2.31. The highest BCUT2D eigenvalue weighted by atomic mass is 32.1. The number of amides is 1. The molecule has 0 fully saturated rings. The number of thiazole rings is 1. The van der Waals surface area contributed by atoms with Gasteiger partial charge in [0.1, 0.15) is 17.2 Å². The van der Waals surface area contributed by atoms with Gasteiger partial charge in [-0.25, -0.2) is 10.8 Å². The Balaban J connectivity index is 1.86. The monoisotopic (exact) mass is 293 g/mol. The quantitative estimate of drug-likeness (QED) is 0.477. The van der Waals surface area contributed by atoms with Crippen LogP contribution in [0.15, 0.2) is 29.6 Å². The molecule has 0 saturated heterocycles. The zero-order valence-electron chi connectivity index (χ0n) is 11.0. The lowest BCUT2D eigenvalue weighted by Gasteiger charge is -2.06. The molecule has 0 radical (unpaired) electrons. The first-order valence-corrected chi connectivity index (χ1v) is 6.83. The molecule has 0 spiro atoms. The van der Waals surface area contributed by atoms with E-state index in [-0.39, 0.29) is 5.91 Å². The van der Waals surface area contributed by atoms with Gasteiger partial charge < -0.3 is 9.47 Å². The van der Waals surface area contributed by atoms with Gasteiger partial charge in [-0.2, -0.15) is 0 Å². The van der Waals surface area contributed by atoms with Gasteiger partial charge >= 0.3 is 0 Å². The summed E-state index contributed by atoms with van der Waals surface area (Å²) in [5.74, 6) is 6.14. The zero-order valence-corrected chi connectivity index (χ0v) is 11.8. The van der Waals surface area contributed by atoms with Crippen LogP contribution >= 0.6 is 11.3 Å². The van der Waals surface area contributed by atoms with E-state index in [1.165, 1.54) is 11.3 Å². The second kappa shape index (κ2) is 6.88. The molecule has 106 valence electrons. The molecule has 0 aliphatic carbocycles. The maximum Gasteiger partial charge on any atom is 0.284 e. The summed E-state index contributed by atoms with van der Waals surface area (Å²) in [5.41, 5.74) is 2.38. The number of methoxy groups -OCH3 is 1. The van der Waals surface area contributed by atoms with Crippen molar-refractivity contribution in [2.75, 3.05) is 13.7 Å². The molecule has 0 unspecified atom stereocenters. The third kappa shape index (κ3) is 3.69. The molecule has 1 aromatic carbocycles. The second-order valence-corrected chi connectivity index (χ2v) is 4.82. The molecule has 7 heteroatoms. The van der Waals surface area contributed by atoms with E-state index in [1.807, 2.05) is 29.7 Å². The topological polar surface area (TPSA) is 86.5 Å². The molecule has 0 aliphatic rings. The molecule has 20 heavy (non-hydrogen) atoms. The van der Waals surface area contributed by atoms with Crippen molar-refractivity contribution in [3.63, 3.8) is 0 Å². The van der Waals surface area contributed by atoms with Crippen LogP contribution in [0.25, 0.3) is 0 Å². The average molecular weight is 293 g/mol. The van der Waals surface area contributed by atoms with Gasteiger partial charge in [-0.15, -0.1) is 11.3 Å². The number of nitrogens with two attached hydrogens (primary N) is 1. The first kappa shape index (κ1) is 14.3. The van der Waals surface area contributed by atoms with Crippen LogP contribution in [-0.2, 0) is 6.42 Å². The van der Waals surface area contributed by atoms with Gasteiger partial charge in [-0.1, -0.05) is 6.07 Å². The summed E-state index contributed by atoms with van der Waals surface area (Å²) in [4.78, 5) is 15.4. The van der Waals surface area contributed by atoms with Gasteiger partial charge in [0, 0.05) is 17.9 Å². The van der Waals surface area contributed by atoms with E-state index in [2.05, 4.69) is 4.98 Å². The molecule has 0 aliphatic heterocycles. The maximum atomic E-state index is 11.3. The number of hydrogen-bond donors (Lipinski definition) is 2. The van der Waals surface area contributed by atoms with E-state index in [4.69, 9.17) is 15.3 Å². The Morgan fingerprint density at radius 2 is 2.25 bits per heavy atom. The fraction of sp³-hybridized carbons (Fsp3) is 0.231. The summed E-state index contributed by atoms with van der Waals surface area (Å²) in [6.07, 6.45) is 0.625. The van der Waals surface area contributed by atoms with Gasteiger partial charge in [-0.3, -0.25) is 10.2 Å². The third-order valence-electron chi connectivity index (χ3n) is 2.54. The summed E-state index contributed by atoms with van der Waals surface area (Å²) in [6, 6.07) is 7.39. The van der Waals surface area contributed by atoms with Crippen molar-refractivity contribution in [3.05, 3.63) is 40.3 Å². The highest BCUT2D eigenvalue weighted by Crippen LogP contribution is 2.19. The van der Waals surface area contributed by atoms with E-state index < -0.39 is 0 Å². The van der Waals surface area contributed by atoms with E-state index in [1.54, 1.807) is 12.5 Å². The molecule has 0 saturated carbocycles. The Kier molecular flexibility index (Phi) is 4.91. The van der Waals surface area contributed by atoms with Crippen molar-refractivity contribution in [2.45, 2.75) is 6.42 Å². The van der Waals surface area contributed by atoms with Crippen molar-refractivity contribution in [1.82, 2.24) is 10.4 Å². The Morgan fingerprint density at radius 3 is 3.00 bits per heavy atom. The van der Waals surface area contributed by atoms with Crippen molar-refractivity contribution < 1.29 is 14.3 Å². The highest BCUT2D eigenvalue weighted by Gasteiger charge is 2.09. The summed E-state index contributed by atoms with van der Waals surface area (Å²) in [6.45, 7) is 0.477. The zero-order chi connectivity index (χ0) is 14.4. The molecule has 1 aromatic heterocycles. The smallest absolute Gasteiger partial charge is 0.284 e. The maximum absolute atomic E-state index is 11.3. The molecule has 2 rings (SSSR count). The van der Waals surface area contributed by atoms with Gasteiger partial charge in [0.05, 0.1) is 18.7 Å². The minimum Gasteiger partial charge on any atom is -0.497 e. The van der Waals surface area contributed by atoms with E-state index in [9.17, 15) is 4.79 Å². The number of nitrogens with one attached hydrogen (secondary N) is 1. The lowest BCUT2D eigenvalue weighted by molar-refractivity contribution is 0.0949. The summed E-state index contributed by atoms with van der Waals surface area (Å²) < 4.78 is 10.7. The van der Waals surface area contributed by atoms with Crippen LogP contribution < -0.4 is 20.7 Å². The van der Waals surface area contributed by atoms with Crippen LogP contribution in [0.5, 0.6) is 11.5 Å². The number of carbonyl (C=O) groups excluding carboxylic acids is 1. The molecule has 1 amide bonds. The molecule has 0 atom stereocenters. The van der Waals surface area contributed by atoms with Gasteiger partial charge in [0.25, 0.3) is 5.91 Å². The summed E-state index contributed by atoms with van der Waals surface area (Å²) >= 11 is 1.40. The lowest BCUT2D eigenvalue weighted by Crippen LogP contribution is -2.30. The predicted molar refractivity (Wildman–Crippen MR) is 76.0 cm³/mol. The summed E-state index contributed by atoms with van der Waals surface area (Å²) in [5, 5.41) is 2.50. The van der Waals surface area contributed by atoms with Crippen molar-refractivity contribution in [1.29, 1.82) is 0 Å². The molecule has 6 nitrogen and oxygen atoms in total. The molecule has 0 bridgehead atoms. The van der Waals surface area contributed by atoms with Crippen molar-refractivity contribution in [2.24, 2.45) is 5.84 Å². The van der Waals surface area contributed by atoms with E-state index in [0.717, 1.165) is 16.5 Å². The largest absolute Gasteiger partial charge is 0.497 e. The number of nitrogen functional groups attached to an aromatic ring is 1. The number of nitrogens with zero attached hydrogens (tertiary/aromatic N) is 1. The number of benzene rings is 1. The minimum atomic E-state index is -0.388. The first-order valence-electron chi connectivity index (χ1n) is 5.95. The normalized spacial score (nSPS) is 10.1. The highest BCUT2D eigenvalue weighted by molar-refractivity contribution is 7.09. The number of hydrazine groups is 1. The lowest BCUT2D eigenvalue weighted by atomic mass is 10.3. The van der Waals surface area contributed by atoms with E-state index in [0.29, 0.717) is 18.7 Å². The molecule has 3 N–H and O–H groups in total. The Labute approximate surface area is 120 Å². The molecule has 2 aromatic rings. The predicted octanol–water partition coefficient (Wildman–Crippen LogP) is 1.38. The number of carbonyl (C=O) groups is 1. The third-order valence-corrected chi connectivity index (χ3v) is 3.45. The Morgan fingerprint density at radius 1 is 1.45 bits per heavy atom. The minimum absolute atomic E-state index is 0.328. The first-order chi connectivity index (χ1) is 9.72. The van der Waals surface area contributed by atoms with Crippen LogP contribution in [0.1, 0.15) is 15.5 Å². The fourth-order valence-electron chi connectivity index (χ4n) is 1.55. The molecule has 1 heterocycles. The molecular weight excluding hydrogens is 278 g/mol. The number of hydrogen-bond acceptors (Lipinski definition) is 6. The Hall–Kier alpha value is -2.12. The second-order valence-electron chi connectivity index (χ2n) is 3.88. The van der Waals surface area contributed by atoms with E-state index >= 15 is 0 Å².